The summed E-state index contributed by atoms with van der Waals surface area (Å²) >= 11 is 4.67. The van der Waals surface area contributed by atoms with E-state index in [0.29, 0.717) is 5.06 Å². The molecule has 2 amide bonds. The van der Waals surface area contributed by atoms with E-state index in [4.69, 9.17) is 4.84 Å². The van der Waals surface area contributed by atoms with Crippen LogP contribution in [0.15, 0.2) is 29.1 Å². The summed E-state index contributed by atoms with van der Waals surface area (Å²) in [5.41, 5.74) is -0.332. The van der Waals surface area contributed by atoms with Crippen molar-refractivity contribution in [1.82, 2.24) is 20.2 Å². The van der Waals surface area contributed by atoms with Crippen molar-refractivity contribution in [3.63, 3.8) is 0 Å². The second kappa shape index (κ2) is 4.38. The molecule has 2 heterocycles. The number of nitrogens with one attached hydrogen (secondary N) is 2. The van der Waals surface area contributed by atoms with Crippen molar-refractivity contribution < 1.29 is 14.4 Å². The van der Waals surface area contributed by atoms with E-state index in [1.807, 2.05) is 0 Å². The van der Waals surface area contributed by atoms with Gasteiger partial charge in [0.25, 0.3) is 11.8 Å². The van der Waals surface area contributed by atoms with Crippen molar-refractivity contribution in [2.45, 2.75) is 0 Å². The Bertz CT molecular complexity index is 806. The lowest BCUT2D eigenvalue weighted by Crippen LogP contribution is -2.35. The van der Waals surface area contributed by atoms with E-state index in [0.717, 1.165) is 0 Å². The Morgan fingerprint density at radius 1 is 1.10 bits per heavy atom. The highest BCUT2D eigenvalue weighted by atomic mass is 32.1. The van der Waals surface area contributed by atoms with Gasteiger partial charge < -0.3 is 4.84 Å². The van der Waals surface area contributed by atoms with E-state index >= 15 is 0 Å². The molecule has 0 atom stereocenters. The molecule has 0 fully saturated rings. The number of aromatic amines is 2. The van der Waals surface area contributed by atoms with Gasteiger partial charge >= 0.3 is 11.4 Å². The molecule has 2 aromatic rings. The normalized spacial score (nSPS) is 13.5. The van der Waals surface area contributed by atoms with Crippen LogP contribution in [0, 0.1) is 4.77 Å². The van der Waals surface area contributed by atoms with E-state index in [2.05, 4.69) is 27.4 Å². The summed E-state index contributed by atoms with van der Waals surface area (Å²) < 4.78 is 0.00436. The van der Waals surface area contributed by atoms with Crippen LogP contribution in [0.25, 0.3) is 0 Å². The summed E-state index contributed by atoms with van der Waals surface area (Å²) in [6.07, 6.45) is 0. The summed E-state index contributed by atoms with van der Waals surface area (Å²) in [6, 6.07) is 6.24. The smallest absolute Gasteiger partial charge is 0.329 e. The molecule has 0 bridgehead atoms. The zero-order valence-electron chi connectivity index (χ0n) is 9.75. The zero-order chi connectivity index (χ0) is 14.3. The van der Waals surface area contributed by atoms with Gasteiger partial charge in [0.05, 0.1) is 11.1 Å². The number of nitrogens with zero attached hydrogens (tertiary/aromatic N) is 2. The highest BCUT2D eigenvalue weighted by molar-refractivity contribution is 7.71. The molecular weight excluding hydrogens is 284 g/mol. The minimum Gasteiger partial charge on any atom is -0.340 e. The van der Waals surface area contributed by atoms with Crippen molar-refractivity contribution >= 4 is 24.0 Å². The van der Waals surface area contributed by atoms with Crippen LogP contribution in [0.3, 0.4) is 0 Å². The van der Waals surface area contributed by atoms with Crippen molar-refractivity contribution in [1.29, 1.82) is 0 Å². The number of H-pyrrole nitrogens is 2. The van der Waals surface area contributed by atoms with Gasteiger partial charge in [-0.3, -0.25) is 19.4 Å². The van der Waals surface area contributed by atoms with E-state index in [-0.39, 0.29) is 15.9 Å². The van der Waals surface area contributed by atoms with Crippen molar-refractivity contribution in [2.75, 3.05) is 0 Å². The Morgan fingerprint density at radius 3 is 2.25 bits per heavy atom. The first kappa shape index (κ1) is 12.2. The highest BCUT2D eigenvalue weighted by Gasteiger charge is 2.38. The highest BCUT2D eigenvalue weighted by Crippen LogP contribution is 2.22. The Labute approximate surface area is 116 Å². The van der Waals surface area contributed by atoms with Gasteiger partial charge in [0.15, 0.2) is 4.77 Å². The molecule has 1 aliphatic heterocycles. The van der Waals surface area contributed by atoms with Gasteiger partial charge in [-0.2, -0.15) is 0 Å². The number of carbonyl (C=O) groups excluding carboxylic acids is 2. The fourth-order valence-electron chi connectivity index (χ4n) is 1.74. The van der Waals surface area contributed by atoms with Crippen molar-refractivity contribution in [3.05, 3.63) is 50.5 Å². The maximum Gasteiger partial charge on any atom is 0.329 e. The molecule has 8 nitrogen and oxygen atoms in total. The summed E-state index contributed by atoms with van der Waals surface area (Å²) in [4.78, 5) is 42.7. The molecule has 3 rings (SSSR count). The number of aromatic nitrogens is 3. The maximum atomic E-state index is 12.0. The van der Waals surface area contributed by atoms with Gasteiger partial charge in [-0.15, -0.1) is 5.10 Å². The molecule has 0 unspecified atom stereocenters. The Balaban J connectivity index is 1.98. The van der Waals surface area contributed by atoms with E-state index < -0.39 is 23.3 Å². The number of hydrogen-bond donors (Lipinski definition) is 2. The third-order valence-corrected chi connectivity index (χ3v) is 2.81. The number of amides is 2. The number of benzene rings is 1. The number of carbonyl (C=O) groups is 2. The third-order valence-electron chi connectivity index (χ3n) is 2.61. The lowest BCUT2D eigenvalue weighted by atomic mass is 10.1. The topological polar surface area (TPSA) is 108 Å². The van der Waals surface area contributed by atoms with Gasteiger partial charge in [0.1, 0.15) is 0 Å². The average molecular weight is 290 g/mol. The fraction of sp³-hybridized carbons (Fsp3) is 0. The third kappa shape index (κ3) is 1.80. The zero-order valence-corrected chi connectivity index (χ0v) is 10.6. The first-order valence-corrected chi connectivity index (χ1v) is 5.83. The van der Waals surface area contributed by atoms with Crippen LogP contribution in [0.1, 0.15) is 20.7 Å². The van der Waals surface area contributed by atoms with Crippen molar-refractivity contribution in [3.8, 4) is 5.88 Å². The average Bonchev–Trinajstić information content (AvgIpc) is 2.67. The minimum atomic E-state index is -0.745. The summed E-state index contributed by atoms with van der Waals surface area (Å²) in [7, 11) is 0. The molecule has 0 aliphatic carbocycles. The lowest BCUT2D eigenvalue weighted by molar-refractivity contribution is -0.0181. The van der Waals surface area contributed by atoms with Crippen LogP contribution in [0.4, 0.5) is 0 Å². The van der Waals surface area contributed by atoms with E-state index in [1.54, 1.807) is 12.1 Å². The molecule has 1 aromatic heterocycles. The minimum absolute atomic E-state index is 0.00436. The van der Waals surface area contributed by atoms with Crippen LogP contribution in [-0.2, 0) is 0 Å². The largest absolute Gasteiger partial charge is 0.340 e. The Hall–Kier alpha value is -2.81. The number of fused-ring (bicyclic) bond motifs is 1. The second-order valence-electron chi connectivity index (χ2n) is 3.85. The quantitative estimate of drug-likeness (QED) is 0.613. The predicted molar refractivity (Wildman–Crippen MR) is 67.6 cm³/mol. The maximum absolute atomic E-state index is 12.0. The van der Waals surface area contributed by atoms with Crippen LogP contribution in [0.2, 0.25) is 0 Å². The molecule has 0 saturated heterocycles. The molecule has 0 radical (unpaired) electrons. The number of rotatable bonds is 2. The van der Waals surface area contributed by atoms with Gasteiger partial charge in [0.2, 0.25) is 0 Å². The summed E-state index contributed by atoms with van der Waals surface area (Å²) in [5.74, 6) is -1.79. The summed E-state index contributed by atoms with van der Waals surface area (Å²) in [5, 5.41) is 6.32. The first-order chi connectivity index (χ1) is 9.58. The molecule has 2 N–H and O–H groups in total. The molecular formula is C11H6N4O4S. The predicted octanol–water partition coefficient (Wildman–Crippen LogP) is 0.417. The molecule has 0 saturated carbocycles. The standard InChI is InChI=1S/C11H6N4O4S/c16-7-8(13-14-11(20)12-7)19-15-9(17)5-3-1-2-4-6(5)10(15)18/h1-4H,(H2,12,14,16,20). The molecule has 0 spiro atoms. The molecule has 9 heteroatoms. The van der Waals surface area contributed by atoms with Gasteiger partial charge in [0, 0.05) is 0 Å². The Kier molecular flexibility index (Phi) is 2.68. The molecule has 100 valence electrons. The van der Waals surface area contributed by atoms with E-state index in [9.17, 15) is 14.4 Å². The Morgan fingerprint density at radius 2 is 1.70 bits per heavy atom. The molecule has 20 heavy (non-hydrogen) atoms. The number of hydrogen-bond acceptors (Lipinski definition) is 6. The van der Waals surface area contributed by atoms with Crippen LogP contribution < -0.4 is 10.4 Å². The monoisotopic (exact) mass is 290 g/mol. The lowest BCUT2D eigenvalue weighted by Gasteiger charge is -2.11. The number of imide groups is 1. The van der Waals surface area contributed by atoms with Crippen LogP contribution in [-0.4, -0.2) is 32.1 Å². The molecule has 1 aromatic carbocycles. The van der Waals surface area contributed by atoms with Gasteiger partial charge in [-0.05, 0) is 24.4 Å². The van der Waals surface area contributed by atoms with Crippen molar-refractivity contribution in [2.24, 2.45) is 0 Å². The van der Waals surface area contributed by atoms with Crippen LogP contribution in [0.5, 0.6) is 5.88 Å². The number of hydroxylamine groups is 2. The van der Waals surface area contributed by atoms with Crippen LogP contribution >= 0.6 is 12.2 Å². The first-order valence-electron chi connectivity index (χ1n) is 5.42. The fourth-order valence-corrected chi connectivity index (χ4v) is 1.87. The second-order valence-corrected chi connectivity index (χ2v) is 4.26. The van der Waals surface area contributed by atoms with Gasteiger partial charge in [-0.25, -0.2) is 5.10 Å². The van der Waals surface area contributed by atoms with Gasteiger partial charge in [-0.1, -0.05) is 17.2 Å². The molecule has 1 aliphatic rings. The SMILES string of the molecule is O=C1c2ccccc2C(=O)N1Oc1n[nH]c(=S)[nH]c1=O. The summed E-state index contributed by atoms with van der Waals surface area (Å²) in [6.45, 7) is 0. The van der Waals surface area contributed by atoms with E-state index in [1.165, 1.54) is 12.1 Å².